The molecule has 0 saturated carbocycles. The van der Waals surface area contributed by atoms with E-state index in [4.69, 9.17) is 24.7 Å². The molecule has 2 rings (SSSR count). The van der Waals surface area contributed by atoms with Crippen LogP contribution < -0.4 is 25.3 Å². The van der Waals surface area contributed by atoms with Gasteiger partial charge >= 0.3 is 0 Å². The maximum absolute atomic E-state index is 14.4. The van der Waals surface area contributed by atoms with Gasteiger partial charge in [0.15, 0.2) is 28.9 Å². The number of nitrogens with one attached hydrogen (secondary N) is 1. The molecule has 11 heteroatoms. The number of methoxy groups -OCH3 is 3. The summed E-state index contributed by atoms with van der Waals surface area (Å²) >= 11 is 0. The molecule has 2 aromatic rings. The van der Waals surface area contributed by atoms with Gasteiger partial charge in [-0.15, -0.1) is 0 Å². The molecule has 0 atom stereocenters. The lowest BCUT2D eigenvalue weighted by Crippen LogP contribution is -2.08. The lowest BCUT2D eigenvalue weighted by Gasteiger charge is -2.13. The highest BCUT2D eigenvalue weighted by molar-refractivity contribution is 5.81. The van der Waals surface area contributed by atoms with Crippen molar-refractivity contribution in [3.8, 4) is 17.2 Å². The summed E-state index contributed by atoms with van der Waals surface area (Å²) in [6.45, 7) is 0.546. The summed E-state index contributed by atoms with van der Waals surface area (Å²) in [5.41, 5.74) is 5.67. The maximum atomic E-state index is 14.4. The summed E-state index contributed by atoms with van der Waals surface area (Å²) in [5.74, 6) is -1.63. The molecule has 0 aliphatic rings. The van der Waals surface area contributed by atoms with Crippen molar-refractivity contribution < 1.29 is 27.7 Å². The Balaban J connectivity index is 2.04. The smallest absolute Gasteiger partial charge is 0.227 e. The molecule has 0 aliphatic carbocycles. The maximum Gasteiger partial charge on any atom is 0.227 e. The van der Waals surface area contributed by atoms with Gasteiger partial charge in [0.05, 0.1) is 51.0 Å². The van der Waals surface area contributed by atoms with Crippen LogP contribution >= 0.6 is 0 Å². The molecular formula is C19H23F2N5O4. The van der Waals surface area contributed by atoms with Crippen LogP contribution in [0, 0.1) is 11.6 Å². The van der Waals surface area contributed by atoms with Gasteiger partial charge in [-0.25, -0.2) is 18.7 Å². The predicted molar refractivity (Wildman–Crippen MR) is 107 cm³/mol. The second-order valence-electron chi connectivity index (χ2n) is 5.69. The average molecular weight is 423 g/mol. The van der Waals surface area contributed by atoms with Gasteiger partial charge in [0, 0.05) is 25.6 Å². The van der Waals surface area contributed by atoms with Crippen LogP contribution in [-0.4, -0.2) is 50.7 Å². The first kappa shape index (κ1) is 22.8. The van der Waals surface area contributed by atoms with Gasteiger partial charge in [-0.2, -0.15) is 0 Å². The highest BCUT2D eigenvalue weighted by Crippen LogP contribution is 2.31. The van der Waals surface area contributed by atoms with E-state index in [1.807, 2.05) is 0 Å². The predicted octanol–water partition coefficient (Wildman–Crippen LogP) is 2.28. The Bertz CT molecular complexity index is 863. The van der Waals surface area contributed by atoms with E-state index < -0.39 is 18.2 Å². The minimum atomic E-state index is -0.875. The number of aliphatic imine (C=N–C) groups is 1. The highest BCUT2D eigenvalue weighted by Gasteiger charge is 2.20. The zero-order chi connectivity index (χ0) is 21.9. The largest absolute Gasteiger partial charge is 0.494 e. The molecule has 0 spiro atoms. The van der Waals surface area contributed by atoms with Crippen molar-refractivity contribution >= 4 is 12.2 Å². The molecule has 30 heavy (non-hydrogen) atoms. The molecule has 3 N–H and O–H groups in total. The zero-order valence-corrected chi connectivity index (χ0v) is 16.8. The molecule has 1 aromatic carbocycles. The normalized spacial score (nSPS) is 11.6. The van der Waals surface area contributed by atoms with Crippen molar-refractivity contribution in [2.45, 2.75) is 6.61 Å². The van der Waals surface area contributed by atoms with Gasteiger partial charge < -0.3 is 30.0 Å². The van der Waals surface area contributed by atoms with E-state index in [9.17, 15) is 8.78 Å². The first-order chi connectivity index (χ1) is 14.5. The first-order valence-corrected chi connectivity index (χ1v) is 8.75. The SMILES string of the molecule is COCCN=C/C(=C\N)Nc1ncc(OCc2c(F)c(OC)cc(OC)c2F)cn1. The number of benzene rings is 1. The van der Waals surface area contributed by atoms with Crippen molar-refractivity contribution in [3.63, 3.8) is 0 Å². The number of aromatic nitrogens is 2. The Hall–Kier alpha value is -3.47. The number of nitrogens with two attached hydrogens (primary N) is 1. The molecule has 0 bridgehead atoms. The summed E-state index contributed by atoms with van der Waals surface area (Å²) in [6.07, 6.45) is 5.53. The van der Waals surface area contributed by atoms with Crippen LogP contribution in [0.15, 0.2) is 35.3 Å². The van der Waals surface area contributed by atoms with E-state index >= 15 is 0 Å². The van der Waals surface area contributed by atoms with Crippen molar-refractivity contribution in [3.05, 3.63) is 47.6 Å². The second kappa shape index (κ2) is 11.5. The Labute approximate surface area is 172 Å². The number of nitrogens with zero attached hydrogens (tertiary/aromatic N) is 3. The fraction of sp³-hybridized carbons (Fsp3) is 0.316. The van der Waals surface area contributed by atoms with Gasteiger partial charge in [0.2, 0.25) is 5.95 Å². The summed E-state index contributed by atoms with van der Waals surface area (Å²) in [4.78, 5) is 12.3. The highest BCUT2D eigenvalue weighted by atomic mass is 19.1. The van der Waals surface area contributed by atoms with E-state index in [2.05, 4.69) is 20.3 Å². The summed E-state index contributed by atoms with van der Waals surface area (Å²) in [5, 5.41) is 2.87. The first-order valence-electron chi connectivity index (χ1n) is 8.75. The van der Waals surface area contributed by atoms with Crippen molar-refractivity contribution in [1.29, 1.82) is 0 Å². The van der Waals surface area contributed by atoms with Gasteiger partial charge in [-0.3, -0.25) is 4.99 Å². The summed E-state index contributed by atoms with van der Waals surface area (Å²) < 4.78 is 48.8. The summed E-state index contributed by atoms with van der Waals surface area (Å²) in [7, 11) is 4.12. The fourth-order valence-corrected chi connectivity index (χ4v) is 2.23. The van der Waals surface area contributed by atoms with Crippen LogP contribution in [-0.2, 0) is 11.3 Å². The van der Waals surface area contributed by atoms with Crippen LogP contribution in [0.4, 0.5) is 14.7 Å². The fourth-order valence-electron chi connectivity index (χ4n) is 2.23. The topological polar surface area (TPSA) is 113 Å². The molecule has 1 aromatic heterocycles. The third-order valence-corrected chi connectivity index (χ3v) is 3.77. The number of allylic oxidation sites excluding steroid dienone is 1. The number of anilines is 1. The number of ether oxygens (including phenoxy) is 4. The van der Waals surface area contributed by atoms with Crippen LogP contribution in [0.25, 0.3) is 0 Å². The average Bonchev–Trinajstić information content (AvgIpc) is 2.77. The molecule has 0 saturated heterocycles. The monoisotopic (exact) mass is 423 g/mol. The minimum absolute atomic E-state index is 0.157. The quantitative estimate of drug-likeness (QED) is 0.418. The molecule has 0 amide bonds. The molecule has 9 nitrogen and oxygen atoms in total. The van der Waals surface area contributed by atoms with Gasteiger partial charge in [0.1, 0.15) is 6.61 Å². The number of hydrogen-bond donors (Lipinski definition) is 2. The molecule has 1 heterocycles. The van der Waals surface area contributed by atoms with Crippen LogP contribution in [0.5, 0.6) is 17.2 Å². The van der Waals surface area contributed by atoms with Crippen molar-refractivity contribution in [1.82, 2.24) is 9.97 Å². The van der Waals surface area contributed by atoms with Crippen LogP contribution in [0.2, 0.25) is 0 Å². The lowest BCUT2D eigenvalue weighted by atomic mass is 10.1. The Morgan fingerprint density at radius 2 is 1.77 bits per heavy atom. The zero-order valence-electron chi connectivity index (χ0n) is 16.8. The lowest BCUT2D eigenvalue weighted by molar-refractivity contribution is 0.208. The molecule has 162 valence electrons. The Kier molecular flexibility index (Phi) is 8.75. The van der Waals surface area contributed by atoms with Crippen LogP contribution in [0.3, 0.4) is 0 Å². The van der Waals surface area contributed by atoms with E-state index in [-0.39, 0.29) is 28.8 Å². The molecule has 0 aliphatic heterocycles. The molecule has 0 fully saturated rings. The third kappa shape index (κ3) is 6.01. The minimum Gasteiger partial charge on any atom is -0.494 e. The Morgan fingerprint density at radius 3 is 2.30 bits per heavy atom. The van der Waals surface area contributed by atoms with E-state index in [0.717, 1.165) is 6.07 Å². The number of halogens is 2. The third-order valence-electron chi connectivity index (χ3n) is 3.77. The molecular weight excluding hydrogens is 400 g/mol. The standard InChI is InChI=1S/C19H23F2N5O4/c1-27-5-4-23-8-12(7-22)26-19-24-9-13(10-25-19)30-11-14-17(20)15(28-2)6-16(29-3)18(14)21/h6-10H,4-5,11,22H2,1-3H3,(H,24,25,26)/b12-7+,23-8?. The Morgan fingerprint density at radius 1 is 1.13 bits per heavy atom. The van der Waals surface area contributed by atoms with Crippen LogP contribution in [0.1, 0.15) is 5.56 Å². The van der Waals surface area contributed by atoms with Crippen molar-refractivity contribution in [2.75, 3.05) is 39.8 Å². The van der Waals surface area contributed by atoms with Gasteiger partial charge in [0.25, 0.3) is 0 Å². The van der Waals surface area contributed by atoms with Crippen molar-refractivity contribution in [2.24, 2.45) is 10.7 Å². The number of hydrogen-bond acceptors (Lipinski definition) is 9. The van der Waals surface area contributed by atoms with E-state index in [1.54, 1.807) is 7.11 Å². The number of rotatable bonds is 11. The van der Waals surface area contributed by atoms with E-state index in [0.29, 0.717) is 18.8 Å². The van der Waals surface area contributed by atoms with Gasteiger partial charge in [-0.1, -0.05) is 0 Å². The summed E-state index contributed by atoms with van der Waals surface area (Å²) in [6, 6.07) is 1.12. The molecule has 0 unspecified atom stereocenters. The second-order valence-corrected chi connectivity index (χ2v) is 5.69. The molecule has 0 radical (unpaired) electrons. The van der Waals surface area contributed by atoms with Gasteiger partial charge in [-0.05, 0) is 0 Å². The van der Waals surface area contributed by atoms with E-state index in [1.165, 1.54) is 39.0 Å².